The van der Waals surface area contributed by atoms with Crippen molar-refractivity contribution < 1.29 is 13.3 Å². The fourth-order valence-electron chi connectivity index (χ4n) is 2.21. The van der Waals surface area contributed by atoms with E-state index in [4.69, 9.17) is 11.6 Å². The number of rotatable bonds is 6. The highest BCUT2D eigenvalue weighted by molar-refractivity contribution is 7.89. The number of benzene rings is 2. The summed E-state index contributed by atoms with van der Waals surface area (Å²) in [5.41, 5.74) is 1.80. The number of nitrogens with zero attached hydrogens (tertiary/aromatic N) is 3. The Kier molecular flexibility index (Phi) is 5.19. The molecule has 0 atom stereocenters. The van der Waals surface area contributed by atoms with Crippen molar-refractivity contribution in [2.24, 2.45) is 5.10 Å². The van der Waals surface area contributed by atoms with Crippen LogP contribution in [0.15, 0.2) is 64.7 Å². The van der Waals surface area contributed by atoms with Crippen molar-refractivity contribution in [2.45, 2.75) is 4.90 Å². The van der Waals surface area contributed by atoms with Gasteiger partial charge >= 0.3 is 0 Å². The number of hydrazone groups is 1. The lowest BCUT2D eigenvalue weighted by atomic mass is 10.1. The van der Waals surface area contributed by atoms with Crippen LogP contribution in [0.3, 0.4) is 0 Å². The van der Waals surface area contributed by atoms with Gasteiger partial charge in [0.15, 0.2) is 0 Å². The average Bonchev–Trinajstić information content (AvgIpc) is 3.11. The molecule has 0 bridgehead atoms. The third kappa shape index (κ3) is 4.30. The minimum Gasteiger partial charge on any atom is -0.277 e. The van der Waals surface area contributed by atoms with Crippen LogP contribution in [0.5, 0.6) is 0 Å². The molecule has 3 aromatic rings. The highest BCUT2D eigenvalue weighted by atomic mass is 35.5. The lowest BCUT2D eigenvalue weighted by Gasteiger charge is -2.03. The van der Waals surface area contributed by atoms with Crippen molar-refractivity contribution in [2.75, 3.05) is 0 Å². The third-order valence-electron chi connectivity index (χ3n) is 3.54. The summed E-state index contributed by atoms with van der Waals surface area (Å²) in [5.74, 6) is 0. The van der Waals surface area contributed by atoms with Crippen molar-refractivity contribution in [3.63, 3.8) is 0 Å². The number of hydrogen-bond acceptors (Lipinski definition) is 6. The van der Waals surface area contributed by atoms with E-state index in [1.54, 1.807) is 24.3 Å². The van der Waals surface area contributed by atoms with Crippen molar-refractivity contribution >= 4 is 33.5 Å². The highest BCUT2D eigenvalue weighted by Gasteiger charge is 2.15. The van der Waals surface area contributed by atoms with E-state index in [2.05, 4.69) is 20.1 Å². The number of H-pyrrole nitrogens is 1. The summed E-state index contributed by atoms with van der Waals surface area (Å²) in [5, 5.41) is 21.7. The van der Waals surface area contributed by atoms with E-state index < -0.39 is 14.9 Å². The summed E-state index contributed by atoms with van der Waals surface area (Å²) in [7, 11) is -3.96. The number of nitro groups is 1. The molecular formula is C16H12ClN5O4S. The molecule has 0 aliphatic carbocycles. The Morgan fingerprint density at radius 1 is 1.15 bits per heavy atom. The van der Waals surface area contributed by atoms with Crippen LogP contribution >= 0.6 is 11.6 Å². The van der Waals surface area contributed by atoms with Gasteiger partial charge in [-0.05, 0) is 24.3 Å². The Labute approximate surface area is 158 Å². The zero-order valence-corrected chi connectivity index (χ0v) is 15.1. The van der Waals surface area contributed by atoms with E-state index in [-0.39, 0.29) is 10.6 Å². The molecule has 0 saturated carbocycles. The van der Waals surface area contributed by atoms with Gasteiger partial charge in [0.05, 0.1) is 27.9 Å². The number of aromatic nitrogens is 2. The van der Waals surface area contributed by atoms with Crippen molar-refractivity contribution in [3.8, 4) is 11.3 Å². The maximum Gasteiger partial charge on any atom is 0.276 e. The summed E-state index contributed by atoms with van der Waals surface area (Å²) in [6.07, 6.45) is 2.80. The first-order valence-corrected chi connectivity index (χ1v) is 9.31. The molecule has 0 fully saturated rings. The molecule has 0 spiro atoms. The first kappa shape index (κ1) is 18.5. The predicted octanol–water partition coefficient (Wildman–Crippen LogP) is 2.95. The standard InChI is InChI=1S/C16H12ClN5O4S/c17-13-3-1-11(2-4-13)16-12(9-18-20-16)10-19-21-27(25,26)15-7-5-14(6-8-15)22(23)24/h1-10,21H,(H,18,20)/b19-10-. The molecule has 3 rings (SSSR count). The van der Waals surface area contributed by atoms with Crippen molar-refractivity contribution in [1.82, 2.24) is 15.0 Å². The van der Waals surface area contributed by atoms with Crippen LogP contribution in [0.2, 0.25) is 5.02 Å². The third-order valence-corrected chi connectivity index (χ3v) is 5.03. The Morgan fingerprint density at radius 2 is 1.81 bits per heavy atom. The van der Waals surface area contributed by atoms with Crippen LogP contribution in [-0.2, 0) is 10.0 Å². The molecule has 0 amide bonds. The summed E-state index contributed by atoms with van der Waals surface area (Å²) < 4.78 is 24.4. The fourth-order valence-corrected chi connectivity index (χ4v) is 3.12. The van der Waals surface area contributed by atoms with Gasteiger partial charge in [0.25, 0.3) is 15.7 Å². The SMILES string of the molecule is O=[N+]([O-])c1ccc(S(=O)(=O)N/N=C\c2cn[nH]c2-c2ccc(Cl)cc2)cc1. The Hall–Kier alpha value is -3.24. The zero-order valence-electron chi connectivity index (χ0n) is 13.5. The monoisotopic (exact) mass is 405 g/mol. The zero-order chi connectivity index (χ0) is 19.4. The molecule has 0 unspecified atom stereocenters. The largest absolute Gasteiger partial charge is 0.277 e. The predicted molar refractivity (Wildman–Crippen MR) is 100 cm³/mol. The summed E-state index contributed by atoms with van der Waals surface area (Å²) in [6, 6.07) is 11.5. The van der Waals surface area contributed by atoms with Gasteiger partial charge < -0.3 is 0 Å². The van der Waals surface area contributed by atoms with Crippen LogP contribution in [0.25, 0.3) is 11.3 Å². The number of hydrogen-bond donors (Lipinski definition) is 2. The van der Waals surface area contributed by atoms with Gasteiger partial charge in [-0.2, -0.15) is 18.6 Å². The van der Waals surface area contributed by atoms with Crippen molar-refractivity contribution in [3.05, 3.63) is 75.4 Å². The lowest BCUT2D eigenvalue weighted by Crippen LogP contribution is -2.18. The second-order valence-electron chi connectivity index (χ2n) is 5.31. The molecule has 1 aromatic heterocycles. The average molecular weight is 406 g/mol. The van der Waals surface area contributed by atoms with E-state index in [9.17, 15) is 18.5 Å². The number of nitrogens with one attached hydrogen (secondary N) is 2. The Morgan fingerprint density at radius 3 is 2.44 bits per heavy atom. The molecule has 11 heteroatoms. The molecule has 2 N–H and O–H groups in total. The molecule has 0 saturated heterocycles. The van der Waals surface area contributed by atoms with Gasteiger partial charge in [0.2, 0.25) is 0 Å². The highest BCUT2D eigenvalue weighted by Crippen LogP contribution is 2.22. The molecule has 0 aliphatic heterocycles. The second-order valence-corrected chi connectivity index (χ2v) is 7.41. The molecule has 27 heavy (non-hydrogen) atoms. The number of halogens is 1. The van der Waals surface area contributed by atoms with Gasteiger partial charge in [-0.25, -0.2) is 4.83 Å². The van der Waals surface area contributed by atoms with E-state index in [0.29, 0.717) is 16.3 Å². The molecule has 2 aromatic carbocycles. The maximum absolute atomic E-state index is 12.2. The van der Waals surface area contributed by atoms with Gasteiger partial charge in [-0.1, -0.05) is 23.7 Å². The minimum atomic E-state index is -3.96. The van der Waals surface area contributed by atoms with Crippen LogP contribution in [-0.4, -0.2) is 29.8 Å². The van der Waals surface area contributed by atoms with E-state index in [1.165, 1.54) is 12.4 Å². The lowest BCUT2D eigenvalue weighted by molar-refractivity contribution is -0.384. The van der Waals surface area contributed by atoms with Gasteiger partial charge in [-0.15, -0.1) is 0 Å². The van der Waals surface area contributed by atoms with Crippen molar-refractivity contribution in [1.29, 1.82) is 0 Å². The van der Waals surface area contributed by atoms with E-state index in [1.807, 2.05) is 0 Å². The molecule has 0 radical (unpaired) electrons. The van der Waals surface area contributed by atoms with Gasteiger partial charge in [-0.3, -0.25) is 15.2 Å². The topological polar surface area (TPSA) is 130 Å². The molecular weight excluding hydrogens is 394 g/mol. The van der Waals surface area contributed by atoms with E-state index in [0.717, 1.165) is 29.8 Å². The Balaban J connectivity index is 1.76. The number of aromatic amines is 1. The quantitative estimate of drug-likeness (QED) is 0.370. The van der Waals surface area contributed by atoms with Gasteiger partial charge in [0, 0.05) is 28.3 Å². The minimum absolute atomic E-state index is 0.143. The van der Waals surface area contributed by atoms with Crippen LogP contribution in [0, 0.1) is 10.1 Å². The number of nitro benzene ring substituents is 1. The van der Waals surface area contributed by atoms with Gasteiger partial charge in [0.1, 0.15) is 0 Å². The van der Waals surface area contributed by atoms with Crippen LogP contribution in [0.4, 0.5) is 5.69 Å². The summed E-state index contributed by atoms with van der Waals surface area (Å²) >= 11 is 5.87. The molecule has 9 nitrogen and oxygen atoms in total. The first-order chi connectivity index (χ1) is 12.9. The van der Waals surface area contributed by atoms with Crippen LogP contribution in [0.1, 0.15) is 5.56 Å². The summed E-state index contributed by atoms with van der Waals surface area (Å²) in [4.78, 5) is 11.9. The summed E-state index contributed by atoms with van der Waals surface area (Å²) in [6.45, 7) is 0. The Bertz CT molecular complexity index is 1090. The van der Waals surface area contributed by atoms with Crippen LogP contribution < -0.4 is 4.83 Å². The molecule has 1 heterocycles. The fraction of sp³-hybridized carbons (Fsp3) is 0. The number of non-ortho nitro benzene ring substituents is 1. The molecule has 138 valence electrons. The van der Waals surface area contributed by atoms with E-state index >= 15 is 0 Å². The first-order valence-electron chi connectivity index (χ1n) is 7.45. The smallest absolute Gasteiger partial charge is 0.276 e. The normalized spacial score (nSPS) is 11.6. The number of sulfonamides is 1. The maximum atomic E-state index is 12.2. The second kappa shape index (κ2) is 7.56. The molecule has 0 aliphatic rings.